The van der Waals surface area contributed by atoms with E-state index < -0.39 is 0 Å². The van der Waals surface area contributed by atoms with Crippen LogP contribution in [0, 0.1) is 0 Å². The van der Waals surface area contributed by atoms with E-state index in [0.29, 0.717) is 17.7 Å². The maximum absolute atomic E-state index is 5.45. The van der Waals surface area contributed by atoms with Gasteiger partial charge in [0.2, 0.25) is 0 Å². The van der Waals surface area contributed by atoms with Crippen molar-refractivity contribution in [1.29, 1.82) is 0 Å². The number of rotatable bonds is 3. The molecule has 2 heterocycles. The van der Waals surface area contributed by atoms with Gasteiger partial charge in [0.15, 0.2) is 0 Å². The van der Waals surface area contributed by atoms with Crippen molar-refractivity contribution in [3.8, 4) is 0 Å². The van der Waals surface area contributed by atoms with E-state index in [1.807, 2.05) is 6.07 Å². The van der Waals surface area contributed by atoms with Crippen LogP contribution in [0.25, 0.3) is 0 Å². The number of nitrogens with zero attached hydrogens (tertiary/aromatic N) is 2. The van der Waals surface area contributed by atoms with Crippen molar-refractivity contribution in [3.05, 3.63) is 17.6 Å². The number of hydrazine groups is 1. The molecule has 0 aliphatic carbocycles. The van der Waals surface area contributed by atoms with Gasteiger partial charge in [-0.15, -0.1) is 0 Å². The van der Waals surface area contributed by atoms with Crippen LogP contribution in [0.3, 0.4) is 0 Å². The van der Waals surface area contributed by atoms with Gasteiger partial charge in [0.1, 0.15) is 11.6 Å². The first-order valence-electron chi connectivity index (χ1n) is 6.14. The number of nitrogen functional groups attached to an aromatic ring is 1. The molecule has 1 aliphatic rings. The minimum Gasteiger partial charge on any atom is -0.381 e. The summed E-state index contributed by atoms with van der Waals surface area (Å²) in [5.41, 5.74) is 3.66. The Morgan fingerprint density at radius 3 is 2.65 bits per heavy atom. The molecule has 0 bridgehead atoms. The Hall–Kier alpha value is -1.20. The number of ether oxygens (including phenoxy) is 1. The molecule has 0 saturated carbocycles. The van der Waals surface area contributed by atoms with Gasteiger partial charge >= 0.3 is 0 Å². The van der Waals surface area contributed by atoms with Crippen molar-refractivity contribution >= 4 is 5.82 Å². The normalized spacial score (nSPS) is 17.4. The Kier molecular flexibility index (Phi) is 3.91. The van der Waals surface area contributed by atoms with E-state index >= 15 is 0 Å². The maximum atomic E-state index is 5.45. The highest BCUT2D eigenvalue weighted by Gasteiger charge is 2.20. The zero-order chi connectivity index (χ0) is 12.3. The Morgan fingerprint density at radius 1 is 1.35 bits per heavy atom. The Bertz CT molecular complexity index is 375. The third-order valence-corrected chi connectivity index (χ3v) is 3.09. The molecule has 1 fully saturated rings. The molecule has 0 radical (unpaired) electrons. The summed E-state index contributed by atoms with van der Waals surface area (Å²) in [6.45, 7) is 5.84. The molecular weight excluding hydrogens is 216 g/mol. The Morgan fingerprint density at radius 2 is 2.06 bits per heavy atom. The standard InChI is InChI=1S/C12H20N4O/c1-8(2)10-7-11(16-13)15-12(14-10)9-3-5-17-6-4-9/h7-9H,3-6,13H2,1-2H3,(H,14,15,16). The number of nitrogens with two attached hydrogens (primary N) is 1. The molecule has 94 valence electrons. The zero-order valence-electron chi connectivity index (χ0n) is 10.4. The molecular formula is C12H20N4O. The summed E-state index contributed by atoms with van der Waals surface area (Å²) in [6, 6.07) is 1.91. The minimum absolute atomic E-state index is 0.378. The predicted octanol–water partition coefficient (Wildman–Crippen LogP) is 1.78. The summed E-state index contributed by atoms with van der Waals surface area (Å²) >= 11 is 0. The lowest BCUT2D eigenvalue weighted by atomic mass is 9.99. The summed E-state index contributed by atoms with van der Waals surface area (Å²) in [5, 5.41) is 0. The average molecular weight is 236 g/mol. The van der Waals surface area contributed by atoms with Crippen LogP contribution in [-0.4, -0.2) is 23.2 Å². The molecule has 1 aliphatic heterocycles. The maximum Gasteiger partial charge on any atom is 0.143 e. The number of hydrogen-bond donors (Lipinski definition) is 2. The summed E-state index contributed by atoms with van der Waals surface area (Å²) in [7, 11) is 0. The minimum atomic E-state index is 0.378. The second-order valence-electron chi connectivity index (χ2n) is 4.72. The topological polar surface area (TPSA) is 73.1 Å². The zero-order valence-corrected chi connectivity index (χ0v) is 10.4. The van der Waals surface area contributed by atoms with Gasteiger partial charge in [0.05, 0.1) is 0 Å². The second kappa shape index (κ2) is 5.42. The van der Waals surface area contributed by atoms with Crippen molar-refractivity contribution in [2.24, 2.45) is 5.84 Å². The van der Waals surface area contributed by atoms with Crippen molar-refractivity contribution < 1.29 is 4.74 Å². The first-order chi connectivity index (χ1) is 8.20. The fraction of sp³-hybridized carbons (Fsp3) is 0.667. The molecule has 3 N–H and O–H groups in total. The van der Waals surface area contributed by atoms with E-state index in [0.717, 1.165) is 37.6 Å². The molecule has 5 heteroatoms. The van der Waals surface area contributed by atoms with Gasteiger partial charge in [-0.1, -0.05) is 13.8 Å². The number of anilines is 1. The van der Waals surface area contributed by atoms with Gasteiger partial charge in [0, 0.05) is 30.9 Å². The van der Waals surface area contributed by atoms with Gasteiger partial charge in [0.25, 0.3) is 0 Å². The first kappa shape index (κ1) is 12.3. The molecule has 0 aromatic carbocycles. The van der Waals surface area contributed by atoms with Gasteiger partial charge in [-0.05, 0) is 18.8 Å². The lowest BCUT2D eigenvalue weighted by Gasteiger charge is -2.22. The quantitative estimate of drug-likeness (QED) is 0.618. The van der Waals surface area contributed by atoms with Gasteiger partial charge < -0.3 is 10.2 Å². The van der Waals surface area contributed by atoms with Crippen molar-refractivity contribution in [2.45, 2.75) is 38.5 Å². The summed E-state index contributed by atoms with van der Waals surface area (Å²) in [4.78, 5) is 9.10. The molecule has 0 atom stereocenters. The molecule has 1 aromatic heterocycles. The van der Waals surface area contributed by atoms with Crippen LogP contribution in [0.5, 0.6) is 0 Å². The number of nitrogens with one attached hydrogen (secondary N) is 1. The monoisotopic (exact) mass is 236 g/mol. The van der Waals surface area contributed by atoms with Crippen molar-refractivity contribution in [3.63, 3.8) is 0 Å². The largest absolute Gasteiger partial charge is 0.381 e. The van der Waals surface area contributed by atoms with Crippen LogP contribution in [0.15, 0.2) is 6.07 Å². The average Bonchev–Trinajstić information content (AvgIpc) is 2.39. The van der Waals surface area contributed by atoms with Gasteiger partial charge in [-0.2, -0.15) is 0 Å². The molecule has 0 unspecified atom stereocenters. The highest BCUT2D eigenvalue weighted by atomic mass is 16.5. The molecule has 17 heavy (non-hydrogen) atoms. The Labute approximate surface area is 102 Å². The molecule has 0 spiro atoms. The van der Waals surface area contributed by atoms with E-state index in [9.17, 15) is 0 Å². The third kappa shape index (κ3) is 2.92. The fourth-order valence-corrected chi connectivity index (χ4v) is 1.99. The summed E-state index contributed by atoms with van der Waals surface area (Å²) in [5.74, 6) is 7.82. The summed E-state index contributed by atoms with van der Waals surface area (Å²) < 4.78 is 5.36. The van der Waals surface area contributed by atoms with E-state index in [4.69, 9.17) is 10.6 Å². The first-order valence-corrected chi connectivity index (χ1v) is 6.14. The van der Waals surface area contributed by atoms with Crippen LogP contribution in [0.1, 0.15) is 50.0 Å². The molecule has 2 rings (SSSR count). The van der Waals surface area contributed by atoms with E-state index in [2.05, 4.69) is 29.2 Å². The molecule has 5 nitrogen and oxygen atoms in total. The predicted molar refractivity (Wildman–Crippen MR) is 66.7 cm³/mol. The molecule has 1 aromatic rings. The van der Waals surface area contributed by atoms with Gasteiger partial charge in [-0.3, -0.25) is 0 Å². The van der Waals surface area contributed by atoms with Crippen LogP contribution in [0.4, 0.5) is 5.82 Å². The van der Waals surface area contributed by atoms with E-state index in [1.165, 1.54) is 0 Å². The molecule has 1 saturated heterocycles. The number of aromatic nitrogens is 2. The second-order valence-corrected chi connectivity index (χ2v) is 4.72. The summed E-state index contributed by atoms with van der Waals surface area (Å²) in [6.07, 6.45) is 1.98. The fourth-order valence-electron chi connectivity index (χ4n) is 1.99. The van der Waals surface area contributed by atoms with Crippen LogP contribution >= 0.6 is 0 Å². The van der Waals surface area contributed by atoms with Crippen LogP contribution in [-0.2, 0) is 4.74 Å². The Balaban J connectivity index is 2.28. The smallest absolute Gasteiger partial charge is 0.143 e. The van der Waals surface area contributed by atoms with Crippen LogP contribution < -0.4 is 11.3 Å². The third-order valence-electron chi connectivity index (χ3n) is 3.09. The lowest BCUT2D eigenvalue weighted by Crippen LogP contribution is -2.19. The van der Waals surface area contributed by atoms with E-state index in [1.54, 1.807) is 0 Å². The van der Waals surface area contributed by atoms with Crippen molar-refractivity contribution in [2.75, 3.05) is 18.6 Å². The SMILES string of the molecule is CC(C)c1cc(NN)nc(C2CCOCC2)n1. The highest BCUT2D eigenvalue weighted by molar-refractivity contribution is 5.36. The van der Waals surface area contributed by atoms with Crippen LogP contribution in [0.2, 0.25) is 0 Å². The van der Waals surface area contributed by atoms with Crippen molar-refractivity contribution in [1.82, 2.24) is 9.97 Å². The van der Waals surface area contributed by atoms with E-state index in [-0.39, 0.29) is 0 Å². The lowest BCUT2D eigenvalue weighted by molar-refractivity contribution is 0.0835. The molecule has 0 amide bonds. The van der Waals surface area contributed by atoms with Gasteiger partial charge in [-0.25, -0.2) is 15.8 Å². The number of hydrogen-bond acceptors (Lipinski definition) is 5. The highest BCUT2D eigenvalue weighted by Crippen LogP contribution is 2.26.